The van der Waals surface area contributed by atoms with Gasteiger partial charge in [-0.05, 0) is 13.3 Å². The number of ether oxygens (including phenoxy) is 1. The molecule has 1 fully saturated rings. The van der Waals surface area contributed by atoms with Gasteiger partial charge in [0.1, 0.15) is 6.61 Å². The molecule has 96 valence electrons. The highest BCUT2D eigenvalue weighted by molar-refractivity contribution is 5.97. The molecule has 0 aliphatic carbocycles. The van der Waals surface area contributed by atoms with Crippen molar-refractivity contribution in [2.24, 2.45) is 0 Å². The molecule has 1 rings (SSSR count). The van der Waals surface area contributed by atoms with Crippen LogP contribution in [0.3, 0.4) is 0 Å². The van der Waals surface area contributed by atoms with E-state index in [1.54, 1.807) is 0 Å². The molecule has 2 N–H and O–H groups in total. The summed E-state index contributed by atoms with van der Waals surface area (Å²) in [7, 11) is 1.45. The highest BCUT2D eigenvalue weighted by Crippen LogP contribution is 2.17. The largest absolute Gasteiger partial charge is 0.375 e. The van der Waals surface area contributed by atoms with E-state index >= 15 is 0 Å². The molecule has 0 bridgehead atoms. The third kappa shape index (κ3) is 5.20. The van der Waals surface area contributed by atoms with Crippen LogP contribution >= 0.6 is 0 Å². The molecule has 6 nitrogen and oxygen atoms in total. The Bertz CT molecular complexity index is 207. The lowest BCUT2D eigenvalue weighted by atomic mass is 10.2. The predicted molar refractivity (Wildman–Crippen MR) is 59.0 cm³/mol. The molecular formula is C10H21NO5. The summed E-state index contributed by atoms with van der Waals surface area (Å²) < 4.78 is 4.67. The van der Waals surface area contributed by atoms with Crippen LogP contribution in [0.25, 0.3) is 0 Å². The van der Waals surface area contributed by atoms with Gasteiger partial charge in [-0.1, -0.05) is 13.8 Å². The van der Waals surface area contributed by atoms with Crippen molar-refractivity contribution in [3.05, 3.63) is 0 Å². The van der Waals surface area contributed by atoms with E-state index in [0.29, 0.717) is 6.42 Å². The van der Waals surface area contributed by atoms with Gasteiger partial charge >= 0.3 is 0 Å². The number of rotatable bonds is 2. The van der Waals surface area contributed by atoms with Crippen molar-refractivity contribution in [1.82, 2.24) is 4.90 Å². The van der Waals surface area contributed by atoms with E-state index in [4.69, 9.17) is 10.5 Å². The van der Waals surface area contributed by atoms with E-state index in [1.165, 1.54) is 12.0 Å². The van der Waals surface area contributed by atoms with Crippen LogP contribution in [0.4, 0.5) is 0 Å². The summed E-state index contributed by atoms with van der Waals surface area (Å²) in [5.74, 6) is -0.308. The molecule has 0 aromatic rings. The molecule has 0 radical (unpaired) electrons. The zero-order valence-electron chi connectivity index (χ0n) is 10.3. The van der Waals surface area contributed by atoms with Crippen LogP contribution in [0, 0.1) is 0 Å². The molecule has 1 unspecified atom stereocenters. The predicted octanol–water partition coefficient (Wildman–Crippen LogP) is 1.21. The van der Waals surface area contributed by atoms with Crippen LogP contribution in [-0.4, -0.2) is 47.0 Å². The molecule has 1 saturated heterocycles. The fraction of sp³-hybridized carbons (Fsp3) is 0.800. The molecule has 2 amide bonds. The van der Waals surface area contributed by atoms with Crippen molar-refractivity contribution >= 4 is 11.8 Å². The van der Waals surface area contributed by atoms with Crippen LogP contribution in [0.1, 0.15) is 33.6 Å². The first kappa shape index (κ1) is 17.4. The van der Waals surface area contributed by atoms with Crippen molar-refractivity contribution < 1.29 is 24.8 Å². The number of nitrogens with zero attached hydrogens (tertiary/aromatic N) is 1. The summed E-state index contributed by atoms with van der Waals surface area (Å²) in [6.07, 6.45) is 1.25. The molecule has 0 saturated carbocycles. The molecule has 1 aliphatic rings. The zero-order valence-corrected chi connectivity index (χ0v) is 10.3. The van der Waals surface area contributed by atoms with E-state index < -0.39 is 0 Å². The smallest absolute Gasteiger partial charge is 0.255 e. The highest BCUT2D eigenvalue weighted by atomic mass is 17.0. The molecule has 0 spiro atoms. The first-order valence-electron chi connectivity index (χ1n) is 5.20. The summed E-state index contributed by atoms with van der Waals surface area (Å²) >= 11 is 0. The zero-order chi connectivity index (χ0) is 13.1. The van der Waals surface area contributed by atoms with E-state index in [-0.39, 0.29) is 24.5 Å². The number of hydrogen-bond acceptors (Lipinski definition) is 5. The fourth-order valence-electron chi connectivity index (χ4n) is 1.41. The summed E-state index contributed by atoms with van der Waals surface area (Å²) in [6, 6.07) is 0.0418. The van der Waals surface area contributed by atoms with Gasteiger partial charge in [0.2, 0.25) is 5.91 Å². The quantitative estimate of drug-likeness (QED) is 0.555. The number of likely N-dealkylation sites (tertiary alicyclic amines) is 1. The number of imide groups is 1. The van der Waals surface area contributed by atoms with Crippen molar-refractivity contribution in [3.63, 3.8) is 0 Å². The van der Waals surface area contributed by atoms with Gasteiger partial charge in [0, 0.05) is 19.6 Å². The number of hydrogen-bond donors (Lipinski definition) is 2. The van der Waals surface area contributed by atoms with Crippen LogP contribution in [0.5, 0.6) is 0 Å². The molecule has 1 heterocycles. The van der Waals surface area contributed by atoms with Crippen molar-refractivity contribution in [1.29, 1.82) is 0 Å². The van der Waals surface area contributed by atoms with Gasteiger partial charge in [-0.25, -0.2) is 0 Å². The number of amides is 2. The molecule has 0 aromatic carbocycles. The van der Waals surface area contributed by atoms with Gasteiger partial charge in [-0.3, -0.25) is 25.0 Å². The molecule has 16 heavy (non-hydrogen) atoms. The standard InChI is InChI=1S/C8H13NO3.C2H6.H2O2/c1-6-3-4-7(10)9(6)8(11)5-12-2;2*1-2/h6H,3-5H2,1-2H3;1-2H3;1-2H. The Morgan fingerprint density at radius 3 is 2.31 bits per heavy atom. The summed E-state index contributed by atoms with van der Waals surface area (Å²) in [5.41, 5.74) is 0. The normalized spacial score (nSPS) is 18.2. The Balaban J connectivity index is 0. The average molecular weight is 235 g/mol. The number of methoxy groups -OCH3 is 1. The fourth-order valence-corrected chi connectivity index (χ4v) is 1.41. The van der Waals surface area contributed by atoms with Crippen LogP contribution in [0.2, 0.25) is 0 Å². The minimum Gasteiger partial charge on any atom is -0.375 e. The second-order valence-electron chi connectivity index (χ2n) is 2.98. The summed E-state index contributed by atoms with van der Waals surface area (Å²) in [6.45, 7) is 5.87. The topological polar surface area (TPSA) is 87.1 Å². The molecule has 6 heteroatoms. The molecule has 1 atom stereocenters. The van der Waals surface area contributed by atoms with Crippen LogP contribution in [-0.2, 0) is 14.3 Å². The lowest BCUT2D eigenvalue weighted by Crippen LogP contribution is -2.39. The lowest BCUT2D eigenvalue weighted by molar-refractivity contribution is -0.176. The Morgan fingerprint density at radius 1 is 1.50 bits per heavy atom. The van der Waals surface area contributed by atoms with Crippen LogP contribution < -0.4 is 0 Å². The van der Waals surface area contributed by atoms with Gasteiger partial charge in [-0.2, -0.15) is 0 Å². The number of carbonyl (C=O) groups excluding carboxylic acids is 2. The van der Waals surface area contributed by atoms with E-state index in [1.807, 2.05) is 20.8 Å². The van der Waals surface area contributed by atoms with Gasteiger partial charge < -0.3 is 4.74 Å². The SMILES string of the molecule is CC.COCC(=O)N1C(=O)CCC1C.OO. The maximum Gasteiger partial charge on any atom is 0.255 e. The van der Waals surface area contributed by atoms with Crippen molar-refractivity contribution in [2.75, 3.05) is 13.7 Å². The van der Waals surface area contributed by atoms with E-state index in [0.717, 1.165) is 6.42 Å². The average Bonchev–Trinajstić information content (AvgIpc) is 2.64. The Labute approximate surface area is 95.7 Å². The Kier molecular flexibility index (Phi) is 11.5. The molecular weight excluding hydrogens is 214 g/mol. The second kappa shape index (κ2) is 10.5. The monoisotopic (exact) mass is 235 g/mol. The minimum atomic E-state index is -0.229. The third-order valence-corrected chi connectivity index (χ3v) is 2.02. The second-order valence-corrected chi connectivity index (χ2v) is 2.98. The lowest BCUT2D eigenvalue weighted by Gasteiger charge is -2.18. The van der Waals surface area contributed by atoms with E-state index in [9.17, 15) is 9.59 Å². The van der Waals surface area contributed by atoms with E-state index in [2.05, 4.69) is 4.74 Å². The maximum absolute atomic E-state index is 11.2. The van der Waals surface area contributed by atoms with Crippen molar-refractivity contribution in [3.8, 4) is 0 Å². The maximum atomic E-state index is 11.2. The van der Waals surface area contributed by atoms with Gasteiger partial charge in [-0.15, -0.1) is 0 Å². The molecule has 0 aromatic heterocycles. The van der Waals surface area contributed by atoms with Crippen molar-refractivity contribution in [2.45, 2.75) is 39.7 Å². The first-order chi connectivity index (χ1) is 7.66. The minimum absolute atomic E-state index is 0.00389. The Hall–Kier alpha value is -0.980. The summed E-state index contributed by atoms with van der Waals surface area (Å²) in [4.78, 5) is 23.7. The molecule has 1 aliphatic heterocycles. The first-order valence-corrected chi connectivity index (χ1v) is 5.20. The highest BCUT2D eigenvalue weighted by Gasteiger charge is 2.32. The van der Waals surface area contributed by atoms with Gasteiger partial charge in [0.05, 0.1) is 0 Å². The Morgan fingerprint density at radius 2 is 2.00 bits per heavy atom. The van der Waals surface area contributed by atoms with Crippen LogP contribution in [0.15, 0.2) is 0 Å². The van der Waals surface area contributed by atoms with Gasteiger partial charge in [0.15, 0.2) is 0 Å². The van der Waals surface area contributed by atoms with Gasteiger partial charge in [0.25, 0.3) is 5.91 Å². The third-order valence-electron chi connectivity index (χ3n) is 2.02. The summed E-state index contributed by atoms with van der Waals surface area (Å²) in [5, 5.41) is 12.0. The number of carbonyl (C=O) groups is 2.